The second-order valence-electron chi connectivity index (χ2n) is 7.25. The zero-order valence-electron chi connectivity index (χ0n) is 16.4. The van der Waals surface area contributed by atoms with Crippen LogP contribution in [0.2, 0.25) is 5.02 Å². The molecule has 7 heteroatoms. The highest BCUT2D eigenvalue weighted by Gasteiger charge is 2.22. The number of anilines is 1. The molecule has 6 nitrogen and oxygen atoms in total. The van der Waals surface area contributed by atoms with Gasteiger partial charge in [0.15, 0.2) is 5.96 Å². The summed E-state index contributed by atoms with van der Waals surface area (Å²) < 4.78 is 0. The van der Waals surface area contributed by atoms with E-state index in [1.807, 2.05) is 17.0 Å². The van der Waals surface area contributed by atoms with E-state index in [9.17, 15) is 4.79 Å². The van der Waals surface area contributed by atoms with E-state index in [0.29, 0.717) is 6.54 Å². The van der Waals surface area contributed by atoms with Crippen molar-refractivity contribution in [3.8, 4) is 0 Å². The first-order chi connectivity index (χ1) is 13.1. The normalized spacial score (nSPS) is 18.6. The summed E-state index contributed by atoms with van der Waals surface area (Å²) in [5.41, 5.74) is 2.44. The molecule has 2 saturated heterocycles. The lowest BCUT2D eigenvalue weighted by molar-refractivity contribution is -0.130. The van der Waals surface area contributed by atoms with E-state index in [1.165, 1.54) is 17.7 Å². The van der Waals surface area contributed by atoms with Crippen molar-refractivity contribution in [3.05, 3.63) is 28.8 Å². The van der Waals surface area contributed by atoms with Crippen molar-refractivity contribution in [2.45, 2.75) is 26.2 Å². The highest BCUT2D eigenvalue weighted by atomic mass is 35.5. The maximum atomic E-state index is 12.4. The van der Waals surface area contributed by atoms with Crippen LogP contribution in [0.3, 0.4) is 0 Å². The Morgan fingerprint density at radius 3 is 2.44 bits per heavy atom. The first-order valence-electron chi connectivity index (χ1n) is 9.83. The van der Waals surface area contributed by atoms with E-state index in [1.54, 1.807) is 7.05 Å². The van der Waals surface area contributed by atoms with E-state index in [0.717, 1.165) is 63.1 Å². The van der Waals surface area contributed by atoms with Crippen molar-refractivity contribution >= 4 is 29.2 Å². The number of aryl methyl sites for hydroxylation is 1. The second-order valence-corrected chi connectivity index (χ2v) is 7.68. The lowest BCUT2D eigenvalue weighted by atomic mass is 10.1. The topological polar surface area (TPSA) is 51.2 Å². The van der Waals surface area contributed by atoms with Gasteiger partial charge in [0.25, 0.3) is 0 Å². The molecule has 0 spiro atoms. The number of hydrogen-bond acceptors (Lipinski definition) is 3. The number of benzene rings is 1. The highest BCUT2D eigenvalue weighted by Crippen LogP contribution is 2.25. The molecule has 0 aliphatic carbocycles. The number of piperidine rings is 1. The van der Waals surface area contributed by atoms with Crippen LogP contribution in [0.15, 0.2) is 23.2 Å². The Balaban J connectivity index is 1.51. The Morgan fingerprint density at radius 2 is 1.78 bits per heavy atom. The SMILES string of the molecule is CN=C(NCC(=O)N1CCCCC1)N1CCN(c2cc(Cl)ccc2C)CC1. The molecule has 2 fully saturated rings. The Hall–Kier alpha value is -1.95. The van der Waals surface area contributed by atoms with Gasteiger partial charge in [-0.25, -0.2) is 0 Å². The summed E-state index contributed by atoms with van der Waals surface area (Å²) in [6.45, 7) is 7.75. The Bertz CT molecular complexity index is 679. The number of aliphatic imine (C=N–C) groups is 1. The van der Waals surface area contributed by atoms with E-state index in [-0.39, 0.29) is 5.91 Å². The lowest BCUT2D eigenvalue weighted by Gasteiger charge is -2.38. The largest absolute Gasteiger partial charge is 0.368 e. The Morgan fingerprint density at radius 1 is 1.07 bits per heavy atom. The number of carbonyl (C=O) groups is 1. The number of hydrogen-bond donors (Lipinski definition) is 1. The third-order valence-electron chi connectivity index (χ3n) is 5.41. The monoisotopic (exact) mass is 391 g/mol. The maximum Gasteiger partial charge on any atom is 0.241 e. The van der Waals surface area contributed by atoms with Gasteiger partial charge in [-0.2, -0.15) is 0 Å². The summed E-state index contributed by atoms with van der Waals surface area (Å²) in [6.07, 6.45) is 3.46. The van der Waals surface area contributed by atoms with Gasteiger partial charge in [-0.3, -0.25) is 9.79 Å². The van der Waals surface area contributed by atoms with E-state index >= 15 is 0 Å². The number of carbonyl (C=O) groups excluding carboxylic acids is 1. The minimum atomic E-state index is 0.170. The molecule has 0 aromatic heterocycles. The van der Waals surface area contributed by atoms with Crippen LogP contribution in [0.1, 0.15) is 24.8 Å². The maximum absolute atomic E-state index is 12.4. The van der Waals surface area contributed by atoms with Crippen LogP contribution in [0, 0.1) is 6.92 Å². The van der Waals surface area contributed by atoms with E-state index in [4.69, 9.17) is 11.6 Å². The van der Waals surface area contributed by atoms with E-state index < -0.39 is 0 Å². The molecule has 1 amide bonds. The van der Waals surface area contributed by atoms with Gasteiger partial charge in [0.1, 0.15) is 0 Å². The molecule has 0 radical (unpaired) electrons. The smallest absolute Gasteiger partial charge is 0.241 e. The van der Waals surface area contributed by atoms with Crippen molar-refractivity contribution in [1.29, 1.82) is 0 Å². The Kier molecular flexibility index (Phi) is 6.83. The molecular formula is C20H30ClN5O. The van der Waals surface area contributed by atoms with Gasteiger partial charge in [0.2, 0.25) is 5.91 Å². The summed E-state index contributed by atoms with van der Waals surface area (Å²) in [4.78, 5) is 23.3. The van der Waals surface area contributed by atoms with Crippen LogP contribution in [0.5, 0.6) is 0 Å². The average Bonchev–Trinajstić information content (AvgIpc) is 2.71. The number of halogens is 1. The van der Waals surface area contributed by atoms with Crippen molar-refractivity contribution in [2.75, 3.05) is 57.8 Å². The zero-order valence-corrected chi connectivity index (χ0v) is 17.1. The lowest BCUT2D eigenvalue weighted by Crippen LogP contribution is -2.54. The second kappa shape index (κ2) is 9.31. The standard InChI is InChI=1S/C20H30ClN5O/c1-16-6-7-17(21)14-18(16)24-10-12-26(13-11-24)20(22-2)23-15-19(27)25-8-4-3-5-9-25/h6-7,14H,3-5,8-13,15H2,1-2H3,(H,22,23). The average molecular weight is 392 g/mol. The van der Waals surface area contributed by atoms with Gasteiger partial charge in [0.05, 0.1) is 6.54 Å². The molecule has 2 aliphatic heterocycles. The molecular weight excluding hydrogens is 362 g/mol. The van der Waals surface area contributed by atoms with Crippen molar-refractivity contribution < 1.29 is 4.79 Å². The van der Waals surface area contributed by atoms with Gasteiger partial charge >= 0.3 is 0 Å². The number of nitrogens with zero attached hydrogens (tertiary/aromatic N) is 4. The zero-order chi connectivity index (χ0) is 19.2. The molecule has 0 bridgehead atoms. The van der Waals surface area contributed by atoms with Crippen LogP contribution in [-0.4, -0.2) is 74.5 Å². The number of rotatable bonds is 3. The molecule has 27 heavy (non-hydrogen) atoms. The van der Waals surface area contributed by atoms with Crippen LogP contribution in [0.4, 0.5) is 5.69 Å². The number of piperazine rings is 1. The Labute approximate surface area is 167 Å². The summed E-state index contributed by atoms with van der Waals surface area (Å²) in [6, 6.07) is 6.04. The number of likely N-dealkylation sites (tertiary alicyclic amines) is 1. The van der Waals surface area contributed by atoms with Gasteiger partial charge in [-0.05, 0) is 43.9 Å². The molecule has 3 rings (SSSR count). The van der Waals surface area contributed by atoms with Gasteiger partial charge < -0.3 is 20.0 Å². The third-order valence-corrected chi connectivity index (χ3v) is 5.64. The van der Waals surface area contributed by atoms with Crippen molar-refractivity contribution in [1.82, 2.24) is 15.1 Å². The number of nitrogens with one attached hydrogen (secondary N) is 1. The molecule has 148 valence electrons. The van der Waals surface area contributed by atoms with E-state index in [2.05, 4.69) is 33.1 Å². The fourth-order valence-corrected chi connectivity index (χ4v) is 3.99. The van der Waals surface area contributed by atoms with Gasteiger partial charge in [-0.1, -0.05) is 17.7 Å². The number of amides is 1. The summed E-state index contributed by atoms with van der Waals surface area (Å²) in [5.74, 6) is 0.979. The molecule has 1 aromatic carbocycles. The van der Waals surface area contributed by atoms with Gasteiger partial charge in [0, 0.05) is 57.0 Å². The highest BCUT2D eigenvalue weighted by molar-refractivity contribution is 6.30. The molecule has 1 aromatic rings. The van der Waals surface area contributed by atoms with Crippen LogP contribution >= 0.6 is 11.6 Å². The molecule has 2 heterocycles. The summed E-state index contributed by atoms with van der Waals surface area (Å²) in [5, 5.41) is 4.03. The fourth-order valence-electron chi connectivity index (χ4n) is 3.82. The predicted octanol–water partition coefficient (Wildman–Crippen LogP) is 2.36. The van der Waals surface area contributed by atoms with Crippen LogP contribution in [-0.2, 0) is 4.79 Å². The van der Waals surface area contributed by atoms with Gasteiger partial charge in [-0.15, -0.1) is 0 Å². The third kappa shape index (κ3) is 5.06. The predicted molar refractivity (Wildman–Crippen MR) is 112 cm³/mol. The van der Waals surface area contributed by atoms with Crippen molar-refractivity contribution in [3.63, 3.8) is 0 Å². The molecule has 1 N–H and O–H groups in total. The first kappa shape index (κ1) is 19.8. The van der Waals surface area contributed by atoms with Crippen LogP contribution < -0.4 is 10.2 Å². The van der Waals surface area contributed by atoms with Crippen LogP contribution in [0.25, 0.3) is 0 Å². The summed E-state index contributed by atoms with van der Waals surface area (Å²) in [7, 11) is 1.78. The fraction of sp³-hybridized carbons (Fsp3) is 0.600. The first-order valence-corrected chi connectivity index (χ1v) is 10.2. The molecule has 0 unspecified atom stereocenters. The molecule has 0 saturated carbocycles. The minimum absolute atomic E-state index is 0.170. The summed E-state index contributed by atoms with van der Waals surface area (Å²) >= 11 is 6.17. The number of guanidine groups is 1. The minimum Gasteiger partial charge on any atom is -0.368 e. The van der Waals surface area contributed by atoms with Crippen molar-refractivity contribution in [2.24, 2.45) is 4.99 Å². The molecule has 0 atom stereocenters. The quantitative estimate of drug-likeness (QED) is 0.634. The molecule has 2 aliphatic rings.